The summed E-state index contributed by atoms with van der Waals surface area (Å²) in [5.74, 6) is 1.70. The lowest BCUT2D eigenvalue weighted by Crippen LogP contribution is -2.38. The van der Waals surface area contributed by atoms with Gasteiger partial charge in [-0.15, -0.1) is 0 Å². The molecule has 0 amide bonds. The number of hydrogen-bond acceptors (Lipinski definition) is 6. The number of fused-ring (bicyclic) bond motifs is 1. The SMILES string of the molecule is CN(C)c1nc(NC2CCCC(NCc3ccsc3)C2)nc2ccccc12. The first-order valence-electron chi connectivity index (χ1n) is 9.64. The van der Waals surface area contributed by atoms with E-state index in [0.717, 1.165) is 35.6 Å². The zero-order valence-corrected chi connectivity index (χ0v) is 16.8. The van der Waals surface area contributed by atoms with Gasteiger partial charge >= 0.3 is 0 Å². The van der Waals surface area contributed by atoms with Gasteiger partial charge in [-0.25, -0.2) is 4.98 Å². The van der Waals surface area contributed by atoms with Crippen molar-refractivity contribution in [1.29, 1.82) is 0 Å². The van der Waals surface area contributed by atoms with Gasteiger partial charge in [0.05, 0.1) is 5.52 Å². The molecule has 27 heavy (non-hydrogen) atoms. The Morgan fingerprint density at radius 2 is 1.96 bits per heavy atom. The fourth-order valence-electron chi connectivity index (χ4n) is 3.81. The van der Waals surface area contributed by atoms with Crippen LogP contribution in [0.15, 0.2) is 41.1 Å². The second-order valence-electron chi connectivity index (χ2n) is 7.50. The quantitative estimate of drug-likeness (QED) is 0.668. The van der Waals surface area contributed by atoms with Gasteiger partial charge in [0.15, 0.2) is 0 Å². The average Bonchev–Trinajstić information content (AvgIpc) is 3.19. The van der Waals surface area contributed by atoms with Crippen LogP contribution in [0.3, 0.4) is 0 Å². The van der Waals surface area contributed by atoms with Crippen LogP contribution in [0.4, 0.5) is 11.8 Å². The third-order valence-electron chi connectivity index (χ3n) is 5.19. The highest BCUT2D eigenvalue weighted by Gasteiger charge is 2.22. The van der Waals surface area contributed by atoms with Gasteiger partial charge < -0.3 is 15.5 Å². The highest BCUT2D eigenvalue weighted by atomic mass is 32.1. The molecule has 4 rings (SSSR count). The monoisotopic (exact) mass is 381 g/mol. The molecule has 1 fully saturated rings. The molecular formula is C21H27N5S. The number of rotatable bonds is 6. The molecule has 2 aromatic heterocycles. The van der Waals surface area contributed by atoms with Crippen LogP contribution in [0.1, 0.15) is 31.2 Å². The molecule has 2 unspecified atom stereocenters. The minimum atomic E-state index is 0.412. The summed E-state index contributed by atoms with van der Waals surface area (Å²) >= 11 is 1.76. The van der Waals surface area contributed by atoms with E-state index in [0.29, 0.717) is 12.1 Å². The van der Waals surface area contributed by atoms with E-state index in [2.05, 4.69) is 44.5 Å². The van der Waals surface area contributed by atoms with Crippen molar-refractivity contribution in [1.82, 2.24) is 15.3 Å². The molecule has 2 atom stereocenters. The van der Waals surface area contributed by atoms with E-state index in [1.807, 2.05) is 26.2 Å². The largest absolute Gasteiger partial charge is 0.362 e. The third kappa shape index (κ3) is 4.39. The molecule has 1 aromatic carbocycles. The zero-order valence-electron chi connectivity index (χ0n) is 16.0. The summed E-state index contributed by atoms with van der Waals surface area (Å²) in [5.41, 5.74) is 2.37. The van der Waals surface area contributed by atoms with Crippen LogP contribution in [0.5, 0.6) is 0 Å². The van der Waals surface area contributed by atoms with E-state index in [1.165, 1.54) is 24.8 Å². The summed E-state index contributed by atoms with van der Waals surface area (Å²) in [5, 5.41) is 12.8. The van der Waals surface area contributed by atoms with Crippen molar-refractivity contribution < 1.29 is 0 Å². The van der Waals surface area contributed by atoms with E-state index >= 15 is 0 Å². The van der Waals surface area contributed by atoms with Gasteiger partial charge in [0.25, 0.3) is 0 Å². The van der Waals surface area contributed by atoms with Crippen LogP contribution in [-0.2, 0) is 6.54 Å². The molecule has 1 aliphatic carbocycles. The first kappa shape index (κ1) is 18.2. The van der Waals surface area contributed by atoms with E-state index in [9.17, 15) is 0 Å². The molecule has 5 nitrogen and oxygen atoms in total. The molecule has 0 aliphatic heterocycles. The molecule has 2 heterocycles. The molecule has 0 bridgehead atoms. The maximum Gasteiger partial charge on any atom is 0.225 e. The Morgan fingerprint density at radius 1 is 1.11 bits per heavy atom. The summed E-state index contributed by atoms with van der Waals surface area (Å²) in [4.78, 5) is 11.6. The van der Waals surface area contributed by atoms with Crippen molar-refractivity contribution in [3.05, 3.63) is 46.7 Å². The highest BCUT2D eigenvalue weighted by Crippen LogP contribution is 2.26. The lowest BCUT2D eigenvalue weighted by molar-refractivity contribution is 0.350. The highest BCUT2D eigenvalue weighted by molar-refractivity contribution is 7.07. The summed E-state index contributed by atoms with van der Waals surface area (Å²) < 4.78 is 0. The molecule has 3 aromatic rings. The number of nitrogens with zero attached hydrogens (tertiary/aromatic N) is 3. The fraction of sp³-hybridized carbons (Fsp3) is 0.429. The smallest absolute Gasteiger partial charge is 0.225 e. The van der Waals surface area contributed by atoms with Crippen LogP contribution >= 0.6 is 11.3 Å². The van der Waals surface area contributed by atoms with Gasteiger partial charge in [-0.05, 0) is 60.2 Å². The lowest BCUT2D eigenvalue weighted by Gasteiger charge is -2.30. The Kier molecular flexibility index (Phi) is 5.55. The van der Waals surface area contributed by atoms with Crippen LogP contribution in [-0.4, -0.2) is 36.1 Å². The number of para-hydroxylation sites is 1. The van der Waals surface area contributed by atoms with Gasteiger partial charge in [0.1, 0.15) is 5.82 Å². The summed E-state index contributed by atoms with van der Waals surface area (Å²) in [6.45, 7) is 0.956. The van der Waals surface area contributed by atoms with Gasteiger partial charge in [-0.3, -0.25) is 0 Å². The predicted molar refractivity (Wildman–Crippen MR) is 115 cm³/mol. The topological polar surface area (TPSA) is 53.1 Å². The van der Waals surface area contributed by atoms with Gasteiger partial charge in [-0.1, -0.05) is 12.1 Å². The number of hydrogen-bond donors (Lipinski definition) is 2. The van der Waals surface area contributed by atoms with Crippen LogP contribution in [0.25, 0.3) is 10.9 Å². The van der Waals surface area contributed by atoms with Crippen molar-refractivity contribution >= 4 is 34.0 Å². The molecule has 0 saturated heterocycles. The van der Waals surface area contributed by atoms with E-state index in [4.69, 9.17) is 9.97 Å². The first-order chi connectivity index (χ1) is 13.2. The maximum atomic E-state index is 4.79. The van der Waals surface area contributed by atoms with Crippen LogP contribution in [0, 0.1) is 0 Å². The summed E-state index contributed by atoms with van der Waals surface area (Å²) in [7, 11) is 4.06. The molecule has 0 spiro atoms. The van der Waals surface area contributed by atoms with E-state index in [-0.39, 0.29) is 0 Å². The van der Waals surface area contributed by atoms with E-state index < -0.39 is 0 Å². The Balaban J connectivity index is 1.45. The van der Waals surface area contributed by atoms with Crippen molar-refractivity contribution in [3.63, 3.8) is 0 Å². The number of nitrogens with one attached hydrogen (secondary N) is 2. The summed E-state index contributed by atoms with van der Waals surface area (Å²) in [6.07, 6.45) is 4.75. The van der Waals surface area contributed by atoms with Gasteiger partial charge in [0, 0.05) is 38.1 Å². The Labute approximate surface area is 164 Å². The van der Waals surface area contributed by atoms with Crippen molar-refractivity contribution in [2.24, 2.45) is 0 Å². The molecule has 142 valence electrons. The fourth-order valence-corrected chi connectivity index (χ4v) is 4.48. The maximum absolute atomic E-state index is 4.79. The Bertz CT molecular complexity index is 877. The zero-order chi connectivity index (χ0) is 18.6. The molecule has 1 saturated carbocycles. The van der Waals surface area contributed by atoms with Crippen molar-refractivity contribution in [2.75, 3.05) is 24.3 Å². The Hall–Kier alpha value is -2.18. The summed E-state index contributed by atoms with van der Waals surface area (Å²) in [6, 6.07) is 11.4. The average molecular weight is 382 g/mol. The Morgan fingerprint density at radius 3 is 2.78 bits per heavy atom. The molecular weight excluding hydrogens is 354 g/mol. The molecule has 2 N–H and O–H groups in total. The third-order valence-corrected chi connectivity index (χ3v) is 5.92. The number of anilines is 2. The van der Waals surface area contributed by atoms with Gasteiger partial charge in [0.2, 0.25) is 5.95 Å². The molecule has 0 radical (unpaired) electrons. The van der Waals surface area contributed by atoms with Gasteiger partial charge in [-0.2, -0.15) is 16.3 Å². The number of aromatic nitrogens is 2. The van der Waals surface area contributed by atoms with Crippen molar-refractivity contribution in [2.45, 2.75) is 44.3 Å². The molecule has 6 heteroatoms. The normalized spacial score (nSPS) is 19.9. The number of thiophene rings is 1. The van der Waals surface area contributed by atoms with Crippen molar-refractivity contribution in [3.8, 4) is 0 Å². The minimum absolute atomic E-state index is 0.412. The number of benzene rings is 1. The lowest BCUT2D eigenvalue weighted by atomic mass is 9.91. The van der Waals surface area contributed by atoms with Crippen LogP contribution < -0.4 is 15.5 Å². The second-order valence-corrected chi connectivity index (χ2v) is 8.28. The standard InChI is InChI=1S/C21H27N5S/c1-26(2)20-18-8-3-4-9-19(18)24-21(25-20)23-17-7-5-6-16(12-17)22-13-15-10-11-27-14-15/h3-4,8-11,14,16-17,22H,5-7,12-13H2,1-2H3,(H,23,24,25). The minimum Gasteiger partial charge on any atom is -0.362 e. The first-order valence-corrected chi connectivity index (χ1v) is 10.6. The van der Waals surface area contributed by atoms with Crippen LogP contribution in [0.2, 0.25) is 0 Å². The van der Waals surface area contributed by atoms with E-state index in [1.54, 1.807) is 11.3 Å². The second kappa shape index (κ2) is 8.23. The molecule has 1 aliphatic rings. The predicted octanol–water partition coefficient (Wildman–Crippen LogP) is 4.27.